The van der Waals surface area contributed by atoms with Crippen molar-refractivity contribution in [2.24, 2.45) is 0 Å². The number of halogens is 2. The van der Waals surface area contributed by atoms with Crippen molar-refractivity contribution in [3.63, 3.8) is 0 Å². The molecule has 168 valence electrons. The van der Waals surface area contributed by atoms with E-state index in [1.807, 2.05) is 13.0 Å². The van der Waals surface area contributed by atoms with E-state index < -0.39 is 17.1 Å². The van der Waals surface area contributed by atoms with Crippen LogP contribution in [0.5, 0.6) is 11.5 Å². The van der Waals surface area contributed by atoms with Crippen LogP contribution in [0.2, 0.25) is 5.02 Å². The quantitative estimate of drug-likeness (QED) is 0.329. The van der Waals surface area contributed by atoms with Crippen LogP contribution in [0.25, 0.3) is 6.08 Å². The van der Waals surface area contributed by atoms with Crippen LogP contribution in [0, 0.1) is 3.57 Å². The van der Waals surface area contributed by atoms with Crippen LogP contribution in [-0.2, 0) is 9.59 Å². The number of amides is 3. The Bertz CT molecular complexity index is 1070. The maximum atomic E-state index is 12.8. The van der Waals surface area contributed by atoms with Crippen molar-refractivity contribution in [2.45, 2.75) is 13.3 Å². The van der Waals surface area contributed by atoms with Gasteiger partial charge in [0.2, 0.25) is 5.91 Å². The molecule has 3 amide bonds. The Morgan fingerprint density at radius 1 is 1.25 bits per heavy atom. The maximum absolute atomic E-state index is 12.8. The summed E-state index contributed by atoms with van der Waals surface area (Å²) in [6, 6.07) is 10.1. The highest BCUT2D eigenvalue weighted by molar-refractivity contribution is 14.1. The first-order valence-electron chi connectivity index (χ1n) is 9.63. The lowest BCUT2D eigenvalue weighted by Crippen LogP contribution is -2.36. The standard InChI is InChI=1S/C22H20ClIN2O5S/c1-3-8-31-20-16(24)9-13(10-17(20)30-2)11-18-21(28)26(22(29)32-18)12-19(27)25-15-6-4-14(23)5-7-15/h4-7,9-11H,3,8,12H2,1-2H3,(H,25,27)/b18-11-. The van der Waals surface area contributed by atoms with Gasteiger partial charge < -0.3 is 14.8 Å². The molecule has 2 aromatic carbocycles. The number of nitrogens with zero attached hydrogens (tertiary/aromatic N) is 1. The normalized spacial score (nSPS) is 14.8. The predicted molar refractivity (Wildman–Crippen MR) is 134 cm³/mol. The van der Waals surface area contributed by atoms with Crippen LogP contribution in [-0.4, -0.2) is 42.2 Å². The van der Waals surface area contributed by atoms with E-state index >= 15 is 0 Å². The fourth-order valence-electron chi connectivity index (χ4n) is 2.83. The summed E-state index contributed by atoms with van der Waals surface area (Å²) in [4.78, 5) is 38.6. The van der Waals surface area contributed by atoms with E-state index in [1.165, 1.54) is 0 Å². The van der Waals surface area contributed by atoms with Gasteiger partial charge in [-0.05, 0) is 88.8 Å². The summed E-state index contributed by atoms with van der Waals surface area (Å²) in [7, 11) is 1.54. The van der Waals surface area contributed by atoms with Crippen molar-refractivity contribution < 1.29 is 23.9 Å². The molecule has 0 bridgehead atoms. The topological polar surface area (TPSA) is 84.9 Å². The summed E-state index contributed by atoms with van der Waals surface area (Å²) >= 11 is 8.76. The second-order valence-corrected chi connectivity index (χ2v) is 9.30. The van der Waals surface area contributed by atoms with Crippen LogP contribution in [0.3, 0.4) is 0 Å². The molecule has 1 fully saturated rings. The Labute approximate surface area is 208 Å². The second kappa shape index (κ2) is 11.1. The summed E-state index contributed by atoms with van der Waals surface area (Å²) in [5.41, 5.74) is 1.21. The average molecular weight is 587 g/mol. The van der Waals surface area contributed by atoms with Crippen LogP contribution in [0.4, 0.5) is 10.5 Å². The number of thioether (sulfide) groups is 1. The minimum Gasteiger partial charge on any atom is -0.493 e. The number of anilines is 1. The molecule has 0 aromatic heterocycles. The lowest BCUT2D eigenvalue weighted by Gasteiger charge is -2.13. The van der Waals surface area contributed by atoms with Gasteiger partial charge in [0.25, 0.3) is 11.1 Å². The Kier molecular flexibility index (Phi) is 8.44. The summed E-state index contributed by atoms with van der Waals surface area (Å²) in [6.45, 7) is 2.19. The molecule has 0 radical (unpaired) electrons. The minimum atomic E-state index is -0.522. The average Bonchev–Trinajstić information content (AvgIpc) is 3.01. The Morgan fingerprint density at radius 2 is 1.97 bits per heavy atom. The zero-order valence-electron chi connectivity index (χ0n) is 17.3. The number of rotatable bonds is 8. The molecule has 0 spiro atoms. The lowest BCUT2D eigenvalue weighted by molar-refractivity contribution is -0.127. The molecule has 7 nitrogen and oxygen atoms in total. The van der Waals surface area contributed by atoms with Gasteiger partial charge in [0.1, 0.15) is 6.54 Å². The number of methoxy groups -OCH3 is 1. The molecule has 0 aliphatic carbocycles. The van der Waals surface area contributed by atoms with E-state index in [1.54, 1.807) is 43.5 Å². The van der Waals surface area contributed by atoms with E-state index in [-0.39, 0.29) is 11.4 Å². The second-order valence-electron chi connectivity index (χ2n) is 6.71. The highest BCUT2D eigenvalue weighted by atomic mass is 127. The molecular formula is C22H20ClIN2O5S. The summed E-state index contributed by atoms with van der Waals surface area (Å²) in [6.07, 6.45) is 2.47. The molecule has 3 rings (SSSR count). The van der Waals surface area contributed by atoms with E-state index in [2.05, 4.69) is 27.9 Å². The van der Waals surface area contributed by atoms with Gasteiger partial charge in [-0.2, -0.15) is 0 Å². The maximum Gasteiger partial charge on any atom is 0.294 e. The summed E-state index contributed by atoms with van der Waals surface area (Å²) in [5, 5.41) is 2.68. The number of hydrogen-bond donors (Lipinski definition) is 1. The Morgan fingerprint density at radius 3 is 2.62 bits per heavy atom. The number of benzene rings is 2. The van der Waals surface area contributed by atoms with Crippen molar-refractivity contribution in [3.8, 4) is 11.5 Å². The lowest BCUT2D eigenvalue weighted by atomic mass is 10.2. The minimum absolute atomic E-state index is 0.231. The molecule has 1 heterocycles. The predicted octanol–water partition coefficient (Wildman–Crippen LogP) is 5.42. The first-order chi connectivity index (χ1) is 15.3. The Balaban J connectivity index is 1.74. The molecule has 2 aromatic rings. The van der Waals surface area contributed by atoms with E-state index in [4.69, 9.17) is 21.1 Å². The van der Waals surface area contributed by atoms with Crippen molar-refractivity contribution in [1.82, 2.24) is 4.90 Å². The first-order valence-corrected chi connectivity index (χ1v) is 11.9. The highest BCUT2D eigenvalue weighted by Crippen LogP contribution is 2.37. The van der Waals surface area contributed by atoms with Crippen LogP contribution in [0.1, 0.15) is 18.9 Å². The first kappa shape index (κ1) is 24.4. The zero-order chi connectivity index (χ0) is 23.3. The number of ether oxygens (including phenoxy) is 2. The molecule has 1 aliphatic heterocycles. The summed E-state index contributed by atoms with van der Waals surface area (Å²) in [5.74, 6) is 0.174. The van der Waals surface area contributed by atoms with E-state index in [0.717, 1.165) is 26.7 Å². The molecule has 1 N–H and O–H groups in total. The van der Waals surface area contributed by atoms with E-state index in [9.17, 15) is 14.4 Å². The Hall–Kier alpha value is -2.24. The molecular weight excluding hydrogens is 567 g/mol. The fourth-order valence-corrected chi connectivity index (χ4v) is 4.58. The molecule has 0 unspecified atom stereocenters. The fraction of sp³-hybridized carbons (Fsp3) is 0.227. The van der Waals surface area contributed by atoms with Crippen LogP contribution in [0.15, 0.2) is 41.3 Å². The van der Waals surface area contributed by atoms with Crippen molar-refractivity contribution in [3.05, 3.63) is 55.5 Å². The molecule has 0 saturated carbocycles. The smallest absolute Gasteiger partial charge is 0.294 e. The van der Waals surface area contributed by atoms with Crippen LogP contribution < -0.4 is 14.8 Å². The number of nitrogens with one attached hydrogen (secondary N) is 1. The molecule has 10 heteroatoms. The third kappa shape index (κ3) is 5.96. The van der Waals surface area contributed by atoms with Gasteiger partial charge in [0, 0.05) is 10.7 Å². The third-order valence-corrected chi connectivity index (χ3v) is 6.26. The van der Waals surface area contributed by atoms with Gasteiger partial charge in [0.15, 0.2) is 11.5 Å². The summed E-state index contributed by atoms with van der Waals surface area (Å²) < 4.78 is 12.0. The highest BCUT2D eigenvalue weighted by Gasteiger charge is 2.36. The van der Waals surface area contributed by atoms with Crippen molar-refractivity contribution >= 4 is 74.8 Å². The van der Waals surface area contributed by atoms with Gasteiger partial charge in [-0.1, -0.05) is 18.5 Å². The number of carbonyl (C=O) groups is 3. The monoisotopic (exact) mass is 586 g/mol. The number of carbonyl (C=O) groups excluding carboxylic acids is 3. The van der Waals surface area contributed by atoms with Gasteiger partial charge in [-0.25, -0.2) is 0 Å². The van der Waals surface area contributed by atoms with Gasteiger partial charge in [-0.15, -0.1) is 0 Å². The van der Waals surface area contributed by atoms with Crippen molar-refractivity contribution in [1.29, 1.82) is 0 Å². The third-order valence-electron chi connectivity index (χ3n) is 4.30. The number of hydrogen-bond acceptors (Lipinski definition) is 6. The van der Waals surface area contributed by atoms with E-state index in [0.29, 0.717) is 34.4 Å². The molecule has 1 aliphatic rings. The van der Waals surface area contributed by atoms with Crippen molar-refractivity contribution in [2.75, 3.05) is 25.6 Å². The SMILES string of the molecule is CCCOc1c(I)cc(/C=C2\SC(=O)N(CC(=O)Nc3ccc(Cl)cc3)C2=O)cc1OC. The molecule has 1 saturated heterocycles. The zero-order valence-corrected chi connectivity index (χ0v) is 21.0. The number of imide groups is 1. The van der Waals surface area contributed by atoms with Gasteiger partial charge in [-0.3, -0.25) is 19.3 Å². The van der Waals surface area contributed by atoms with Gasteiger partial charge in [0.05, 0.1) is 22.2 Å². The van der Waals surface area contributed by atoms with Gasteiger partial charge >= 0.3 is 0 Å². The van der Waals surface area contributed by atoms with Crippen LogP contribution >= 0.6 is 46.0 Å². The molecule has 32 heavy (non-hydrogen) atoms. The molecule has 0 atom stereocenters. The largest absolute Gasteiger partial charge is 0.493 e.